The molecule has 6 nitrogen and oxygen atoms in total. The summed E-state index contributed by atoms with van der Waals surface area (Å²) in [5, 5.41) is 6.49. The molecule has 0 saturated heterocycles. The zero-order valence-electron chi connectivity index (χ0n) is 14.3. The molecule has 1 aromatic carbocycles. The van der Waals surface area contributed by atoms with Crippen molar-refractivity contribution in [2.75, 3.05) is 0 Å². The third-order valence-electron chi connectivity index (χ3n) is 3.81. The van der Waals surface area contributed by atoms with Crippen LogP contribution in [0.3, 0.4) is 0 Å². The van der Waals surface area contributed by atoms with Crippen LogP contribution >= 0.6 is 0 Å². The summed E-state index contributed by atoms with van der Waals surface area (Å²) >= 11 is 0. The fourth-order valence-electron chi connectivity index (χ4n) is 2.86. The van der Waals surface area contributed by atoms with Crippen LogP contribution in [0, 0.1) is 48.8 Å². The molecule has 1 aliphatic carbocycles. The SMILES string of the molecule is Cc1cc2c(cc1-c1n[c-]no1)CC[C@H]2NC(=O)OC(C)(C)C.[La]. The average Bonchev–Trinajstić information content (AvgIpc) is 3.06. The molecule has 1 radical (unpaired) electrons. The Balaban J connectivity index is 0.00000208. The van der Waals surface area contributed by atoms with Crippen molar-refractivity contribution >= 4 is 6.09 Å². The predicted octanol–water partition coefficient (Wildman–Crippen LogP) is 3.36. The molecule has 0 spiro atoms. The first-order valence-corrected chi connectivity index (χ1v) is 7.66. The molecular formula is C17H20LaN3O3-. The van der Waals surface area contributed by atoms with E-state index in [9.17, 15) is 4.79 Å². The summed E-state index contributed by atoms with van der Waals surface area (Å²) < 4.78 is 10.4. The number of hydrogen-bond donors (Lipinski definition) is 1. The molecule has 125 valence electrons. The summed E-state index contributed by atoms with van der Waals surface area (Å²) in [5.41, 5.74) is 3.75. The van der Waals surface area contributed by atoms with Crippen molar-refractivity contribution in [3.8, 4) is 11.5 Å². The number of aromatic nitrogens is 2. The van der Waals surface area contributed by atoms with Gasteiger partial charge in [0, 0.05) is 35.6 Å². The minimum absolute atomic E-state index is 0. The van der Waals surface area contributed by atoms with Crippen LogP contribution in [0.2, 0.25) is 0 Å². The summed E-state index contributed by atoms with van der Waals surface area (Å²) in [5.74, 6) is 0.467. The number of aryl methyl sites for hydroxylation is 2. The molecule has 0 aliphatic heterocycles. The van der Waals surface area contributed by atoms with Crippen molar-refractivity contribution in [2.24, 2.45) is 0 Å². The zero-order chi connectivity index (χ0) is 16.6. The molecule has 2 aromatic rings. The van der Waals surface area contributed by atoms with E-state index in [1.54, 1.807) is 0 Å². The topological polar surface area (TPSA) is 77.3 Å². The van der Waals surface area contributed by atoms with Crippen LogP contribution in [0.15, 0.2) is 16.7 Å². The minimum atomic E-state index is -0.500. The fraction of sp³-hybridized carbons (Fsp3) is 0.471. The van der Waals surface area contributed by atoms with Gasteiger partial charge in [-0.3, -0.25) is 0 Å². The molecular weight excluding hydrogens is 433 g/mol. The Morgan fingerprint density at radius 1 is 1.42 bits per heavy atom. The number of amides is 1. The number of rotatable bonds is 2. The first-order valence-electron chi connectivity index (χ1n) is 7.66. The number of nitrogens with zero attached hydrogens (tertiary/aromatic N) is 2. The second kappa shape index (κ2) is 7.37. The van der Waals surface area contributed by atoms with Crippen molar-refractivity contribution in [3.63, 3.8) is 0 Å². The normalized spacial score (nSPS) is 16.2. The van der Waals surface area contributed by atoms with E-state index in [1.165, 1.54) is 5.56 Å². The molecule has 0 unspecified atom stereocenters. The summed E-state index contributed by atoms with van der Waals surface area (Å²) in [4.78, 5) is 16.0. The molecule has 1 amide bonds. The molecule has 0 bridgehead atoms. The predicted molar refractivity (Wildman–Crippen MR) is 83.7 cm³/mol. The molecule has 1 heterocycles. The number of carbonyl (C=O) groups is 1. The zero-order valence-corrected chi connectivity index (χ0v) is 18.0. The first-order chi connectivity index (χ1) is 10.8. The monoisotopic (exact) mass is 453 g/mol. The third kappa shape index (κ3) is 4.26. The summed E-state index contributed by atoms with van der Waals surface area (Å²) in [7, 11) is 0. The maximum absolute atomic E-state index is 12.0. The van der Waals surface area contributed by atoms with E-state index in [4.69, 9.17) is 9.26 Å². The third-order valence-corrected chi connectivity index (χ3v) is 3.81. The molecule has 0 fully saturated rings. The average molecular weight is 453 g/mol. The van der Waals surface area contributed by atoms with E-state index >= 15 is 0 Å². The van der Waals surface area contributed by atoms with Crippen molar-refractivity contribution in [1.29, 1.82) is 0 Å². The largest absolute Gasteiger partial charge is 0.445 e. The maximum Gasteiger partial charge on any atom is 0.408 e. The van der Waals surface area contributed by atoms with Crippen LogP contribution in [0.4, 0.5) is 4.79 Å². The molecule has 7 heteroatoms. The Labute approximate surface area is 169 Å². The van der Waals surface area contributed by atoms with Crippen LogP contribution in [0.25, 0.3) is 11.5 Å². The van der Waals surface area contributed by atoms with E-state index in [0.717, 1.165) is 29.5 Å². The van der Waals surface area contributed by atoms with Crippen LogP contribution in [-0.4, -0.2) is 21.8 Å². The minimum Gasteiger partial charge on any atom is -0.445 e. The van der Waals surface area contributed by atoms with Crippen molar-refractivity contribution < 1.29 is 49.7 Å². The number of nitrogens with one attached hydrogen (secondary N) is 1. The number of carbonyl (C=O) groups excluding carboxylic acids is 1. The number of benzene rings is 1. The summed E-state index contributed by atoms with van der Waals surface area (Å²) in [6, 6.07) is 4.11. The number of alkyl carbamates (subject to hydrolysis) is 1. The van der Waals surface area contributed by atoms with Gasteiger partial charge < -0.3 is 19.6 Å². The first kappa shape index (κ1) is 19.2. The van der Waals surface area contributed by atoms with Crippen LogP contribution in [0.5, 0.6) is 0 Å². The van der Waals surface area contributed by atoms with Gasteiger partial charge in [-0.2, -0.15) is 5.16 Å². The molecule has 1 atom stereocenters. The van der Waals surface area contributed by atoms with Crippen LogP contribution in [-0.2, 0) is 11.2 Å². The molecule has 1 aliphatic rings. The molecule has 3 rings (SSSR count). The van der Waals surface area contributed by atoms with E-state index in [0.29, 0.717) is 5.89 Å². The van der Waals surface area contributed by atoms with Gasteiger partial charge in [-0.15, -0.1) is 0 Å². The Bertz CT molecular complexity index is 723. The van der Waals surface area contributed by atoms with E-state index < -0.39 is 5.60 Å². The Morgan fingerprint density at radius 2 is 2.17 bits per heavy atom. The second-order valence-corrected chi connectivity index (χ2v) is 6.80. The number of fused-ring (bicyclic) bond motifs is 1. The van der Waals surface area contributed by atoms with Gasteiger partial charge in [0.05, 0.1) is 11.9 Å². The van der Waals surface area contributed by atoms with Gasteiger partial charge in [0.15, 0.2) is 0 Å². The molecule has 1 N–H and O–H groups in total. The van der Waals surface area contributed by atoms with Crippen LogP contribution in [0.1, 0.15) is 49.9 Å². The van der Waals surface area contributed by atoms with Crippen molar-refractivity contribution in [1.82, 2.24) is 15.5 Å². The van der Waals surface area contributed by atoms with Crippen molar-refractivity contribution in [2.45, 2.75) is 52.2 Å². The van der Waals surface area contributed by atoms with Gasteiger partial charge in [0.2, 0.25) is 0 Å². The maximum atomic E-state index is 12.0. The van der Waals surface area contributed by atoms with Gasteiger partial charge >= 0.3 is 6.09 Å². The summed E-state index contributed by atoms with van der Waals surface area (Å²) in [6.07, 6.45) is 3.80. The standard InChI is InChI=1S/C17H20N3O3.La/c1-10-7-13-11(8-12(10)15-18-9-19-23-15)5-6-14(13)20-16(21)22-17(2,3)4;/h7-8,14H,5-6H2,1-4H3,(H,20,21);/q-1;/t14-;/m1./s1. The number of ether oxygens (including phenoxy) is 1. The number of hydrogen-bond acceptors (Lipinski definition) is 5. The Morgan fingerprint density at radius 3 is 2.79 bits per heavy atom. The summed E-state index contributed by atoms with van der Waals surface area (Å²) in [6.45, 7) is 7.55. The van der Waals surface area contributed by atoms with E-state index in [1.807, 2.05) is 27.7 Å². The molecule has 1 aromatic heterocycles. The van der Waals surface area contributed by atoms with Gasteiger partial charge in [-0.1, -0.05) is 17.7 Å². The van der Waals surface area contributed by atoms with Crippen molar-refractivity contribution in [3.05, 3.63) is 35.2 Å². The van der Waals surface area contributed by atoms with Gasteiger partial charge in [0.25, 0.3) is 0 Å². The molecule has 0 saturated carbocycles. The quantitative estimate of drug-likeness (QED) is 0.706. The van der Waals surface area contributed by atoms with Gasteiger partial charge in [-0.25, -0.2) is 4.79 Å². The van der Waals surface area contributed by atoms with E-state index in [-0.39, 0.29) is 47.7 Å². The molecule has 24 heavy (non-hydrogen) atoms. The fourth-order valence-corrected chi connectivity index (χ4v) is 2.86. The Kier molecular flexibility index (Phi) is 5.89. The van der Waals surface area contributed by atoms with Crippen LogP contribution < -0.4 is 5.32 Å². The van der Waals surface area contributed by atoms with Gasteiger partial charge in [-0.05, 0) is 63.6 Å². The smallest absolute Gasteiger partial charge is 0.408 e. The van der Waals surface area contributed by atoms with E-state index in [2.05, 4.69) is 33.9 Å². The Hall–Kier alpha value is -1.18. The van der Waals surface area contributed by atoms with Gasteiger partial charge in [0.1, 0.15) is 5.60 Å². The second-order valence-electron chi connectivity index (χ2n) is 6.80.